The summed E-state index contributed by atoms with van der Waals surface area (Å²) in [5, 5.41) is 0. The third-order valence-electron chi connectivity index (χ3n) is 11.1. The molecule has 0 aromatic heterocycles. The molecule has 0 N–H and O–H groups in total. The van der Waals surface area contributed by atoms with Crippen molar-refractivity contribution in [1.29, 1.82) is 0 Å². The molecule has 0 aromatic carbocycles. The maximum Gasteiger partial charge on any atom is 0.306 e. The number of allylic oxidation sites excluding steroid dienone is 8. The Kier molecular flexibility index (Phi) is 43.7. The fourth-order valence-corrected chi connectivity index (χ4v) is 7.72. The SMILES string of the molecule is CCCC/C=C\C/C=C\CCCCCCCC(=O)OCC(COP(=O)([O-])OCC[N+](C)(C)C)OC(=O)CCCCCCCCCCCCCCC/C=C\C/C=C\CCCCCCC. The molecule has 2 atom stereocenters. The van der Waals surface area contributed by atoms with Crippen LogP contribution in [0.25, 0.3) is 0 Å². The van der Waals surface area contributed by atoms with Crippen molar-refractivity contribution < 1.29 is 42.1 Å². The molecule has 2 unspecified atom stereocenters. The minimum Gasteiger partial charge on any atom is -0.756 e. The number of carbonyl (C=O) groups is 2. The summed E-state index contributed by atoms with van der Waals surface area (Å²) in [5.41, 5.74) is 0. The van der Waals surface area contributed by atoms with Crippen LogP contribution in [-0.2, 0) is 32.7 Å². The van der Waals surface area contributed by atoms with Gasteiger partial charge in [-0.15, -0.1) is 0 Å². The molecule has 63 heavy (non-hydrogen) atoms. The second kappa shape index (κ2) is 45.1. The van der Waals surface area contributed by atoms with Crippen LogP contribution in [0.3, 0.4) is 0 Å². The quantitative estimate of drug-likeness (QED) is 0.0195. The van der Waals surface area contributed by atoms with Crippen LogP contribution in [0.15, 0.2) is 48.6 Å². The molecule has 0 bridgehead atoms. The Hall–Kier alpha value is -2.03. The molecule has 9 nitrogen and oxygen atoms in total. The van der Waals surface area contributed by atoms with Crippen LogP contribution < -0.4 is 4.89 Å². The van der Waals surface area contributed by atoms with Gasteiger partial charge in [0.05, 0.1) is 27.7 Å². The standard InChI is InChI=1S/C53H98NO8P/c1-6-8-10-12-14-16-18-20-22-23-24-25-26-27-28-29-30-31-32-34-36-38-40-42-44-46-53(56)62-51(50-61-63(57,58)60-48-47-54(3,4)5)49-59-52(55)45-43-41-39-37-35-33-21-19-17-15-13-11-9-7-2/h13,15,18-21,23-24,51H,6-12,14,16-17,22,25-50H2,1-5H3/b15-13-,20-18-,21-19-,24-23-. The van der Waals surface area contributed by atoms with E-state index in [1.54, 1.807) is 0 Å². The summed E-state index contributed by atoms with van der Waals surface area (Å²) in [7, 11) is 1.16. The highest BCUT2D eigenvalue weighted by molar-refractivity contribution is 7.45. The highest BCUT2D eigenvalue weighted by atomic mass is 31.2. The minimum absolute atomic E-state index is 0.0339. The number of nitrogens with zero attached hydrogens (tertiary/aromatic N) is 1. The number of unbranched alkanes of at least 4 members (excludes halogenated alkanes) is 25. The summed E-state index contributed by atoms with van der Waals surface area (Å²) in [5.74, 6) is -0.848. The third kappa shape index (κ3) is 49.2. The van der Waals surface area contributed by atoms with Crippen LogP contribution in [-0.4, -0.2) is 70.0 Å². The van der Waals surface area contributed by atoms with E-state index in [-0.39, 0.29) is 26.1 Å². The summed E-state index contributed by atoms with van der Waals surface area (Å²) in [6.45, 7) is 4.18. The van der Waals surface area contributed by atoms with Gasteiger partial charge in [0.2, 0.25) is 0 Å². The molecule has 0 saturated carbocycles. The molecule has 0 saturated heterocycles. The Morgan fingerprint density at radius 2 is 0.873 bits per heavy atom. The Labute approximate surface area is 388 Å². The number of ether oxygens (including phenoxy) is 2. The Bertz CT molecular complexity index is 1210. The van der Waals surface area contributed by atoms with E-state index >= 15 is 0 Å². The number of quaternary nitrogens is 1. The minimum atomic E-state index is -4.63. The molecule has 368 valence electrons. The maximum absolute atomic E-state index is 12.7. The molecule has 0 heterocycles. The third-order valence-corrected chi connectivity index (χ3v) is 12.0. The van der Waals surface area contributed by atoms with E-state index in [0.29, 0.717) is 23.9 Å². The van der Waals surface area contributed by atoms with Crippen molar-refractivity contribution in [2.75, 3.05) is 47.5 Å². The molecule has 0 amide bonds. The van der Waals surface area contributed by atoms with Gasteiger partial charge in [-0.2, -0.15) is 0 Å². The molecule has 0 aliphatic carbocycles. The van der Waals surface area contributed by atoms with Gasteiger partial charge in [0.25, 0.3) is 7.82 Å². The number of phosphoric acid groups is 1. The predicted octanol–water partition coefficient (Wildman–Crippen LogP) is 14.8. The van der Waals surface area contributed by atoms with Crippen molar-refractivity contribution in [3.8, 4) is 0 Å². The largest absolute Gasteiger partial charge is 0.756 e. The number of carbonyl (C=O) groups excluding carboxylic acids is 2. The first-order chi connectivity index (χ1) is 30.5. The molecule has 0 aromatic rings. The van der Waals surface area contributed by atoms with Crippen molar-refractivity contribution in [2.24, 2.45) is 0 Å². The Balaban J connectivity index is 4.20. The smallest absolute Gasteiger partial charge is 0.306 e. The van der Waals surface area contributed by atoms with E-state index in [9.17, 15) is 19.0 Å². The lowest BCUT2D eigenvalue weighted by molar-refractivity contribution is -0.870. The van der Waals surface area contributed by atoms with Crippen LogP contribution in [0.5, 0.6) is 0 Å². The second-order valence-corrected chi connectivity index (χ2v) is 19.9. The monoisotopic (exact) mass is 908 g/mol. The van der Waals surface area contributed by atoms with E-state index in [1.165, 1.54) is 116 Å². The Morgan fingerprint density at radius 3 is 1.30 bits per heavy atom. The summed E-state index contributed by atoms with van der Waals surface area (Å²) in [6.07, 6.45) is 54.3. The van der Waals surface area contributed by atoms with E-state index in [0.717, 1.165) is 70.6 Å². The highest BCUT2D eigenvalue weighted by Gasteiger charge is 2.21. The van der Waals surface area contributed by atoms with Crippen LogP contribution in [0, 0.1) is 0 Å². The van der Waals surface area contributed by atoms with E-state index < -0.39 is 32.5 Å². The maximum atomic E-state index is 12.7. The molecule has 10 heteroatoms. The van der Waals surface area contributed by atoms with Crippen LogP contribution in [0.4, 0.5) is 0 Å². The molecular weight excluding hydrogens is 810 g/mol. The number of likely N-dealkylation sites (N-methyl/N-ethyl adjacent to an activating group) is 1. The van der Waals surface area contributed by atoms with Gasteiger partial charge in [0, 0.05) is 12.8 Å². The van der Waals surface area contributed by atoms with Gasteiger partial charge < -0.3 is 27.9 Å². The van der Waals surface area contributed by atoms with E-state index in [2.05, 4.69) is 62.5 Å². The predicted molar refractivity (Wildman–Crippen MR) is 264 cm³/mol. The normalized spacial score (nSPS) is 13.8. The van der Waals surface area contributed by atoms with Crippen LogP contribution in [0.2, 0.25) is 0 Å². The van der Waals surface area contributed by atoms with Crippen molar-refractivity contribution in [3.05, 3.63) is 48.6 Å². The zero-order valence-corrected chi connectivity index (χ0v) is 42.4. The number of phosphoric ester groups is 1. The van der Waals surface area contributed by atoms with Gasteiger partial charge in [-0.05, 0) is 70.6 Å². The van der Waals surface area contributed by atoms with Crippen molar-refractivity contribution in [3.63, 3.8) is 0 Å². The molecule has 0 spiro atoms. The van der Waals surface area contributed by atoms with Gasteiger partial charge in [-0.25, -0.2) is 0 Å². The lowest BCUT2D eigenvalue weighted by atomic mass is 10.0. The molecular formula is C53H98NO8P. The summed E-state index contributed by atoms with van der Waals surface area (Å²) in [6, 6.07) is 0. The average Bonchev–Trinajstić information content (AvgIpc) is 3.24. The van der Waals surface area contributed by atoms with E-state index in [4.69, 9.17) is 18.5 Å². The molecule has 0 rings (SSSR count). The van der Waals surface area contributed by atoms with Gasteiger partial charge in [-0.3, -0.25) is 14.2 Å². The average molecular weight is 908 g/mol. The zero-order chi connectivity index (χ0) is 46.4. The zero-order valence-electron chi connectivity index (χ0n) is 41.5. The first-order valence-electron chi connectivity index (χ1n) is 25.8. The number of hydrogen-bond acceptors (Lipinski definition) is 8. The van der Waals surface area contributed by atoms with E-state index in [1.807, 2.05) is 21.1 Å². The van der Waals surface area contributed by atoms with Gasteiger partial charge in [0.15, 0.2) is 6.10 Å². The lowest BCUT2D eigenvalue weighted by Crippen LogP contribution is -2.37. The second-order valence-electron chi connectivity index (χ2n) is 18.5. The first-order valence-corrected chi connectivity index (χ1v) is 27.3. The lowest BCUT2D eigenvalue weighted by Gasteiger charge is -2.28. The fourth-order valence-electron chi connectivity index (χ4n) is 7.00. The van der Waals surface area contributed by atoms with Crippen LogP contribution in [0.1, 0.15) is 226 Å². The highest BCUT2D eigenvalue weighted by Crippen LogP contribution is 2.38. The Morgan fingerprint density at radius 1 is 0.492 bits per heavy atom. The molecule has 0 fully saturated rings. The van der Waals surface area contributed by atoms with Gasteiger partial charge in [-0.1, -0.05) is 191 Å². The van der Waals surface area contributed by atoms with Crippen molar-refractivity contribution in [2.45, 2.75) is 232 Å². The van der Waals surface area contributed by atoms with Crippen molar-refractivity contribution >= 4 is 19.8 Å². The first kappa shape index (κ1) is 61.0. The molecule has 0 aliphatic rings. The summed E-state index contributed by atoms with van der Waals surface area (Å²) < 4.78 is 34.0. The van der Waals surface area contributed by atoms with Crippen molar-refractivity contribution in [1.82, 2.24) is 0 Å². The topological polar surface area (TPSA) is 111 Å². The molecule has 0 radical (unpaired) electrons. The number of hydrogen-bond donors (Lipinski definition) is 0. The van der Waals surface area contributed by atoms with Gasteiger partial charge >= 0.3 is 11.9 Å². The number of rotatable bonds is 47. The van der Waals surface area contributed by atoms with Crippen LogP contribution >= 0.6 is 7.82 Å². The summed E-state index contributed by atoms with van der Waals surface area (Å²) >= 11 is 0. The fraction of sp³-hybridized carbons (Fsp3) is 0.811. The molecule has 0 aliphatic heterocycles. The van der Waals surface area contributed by atoms with Gasteiger partial charge in [0.1, 0.15) is 19.8 Å². The number of esters is 2. The summed E-state index contributed by atoms with van der Waals surface area (Å²) in [4.78, 5) is 37.7.